The van der Waals surface area contributed by atoms with Crippen molar-refractivity contribution in [2.24, 2.45) is 0 Å². The van der Waals surface area contributed by atoms with Crippen LogP contribution in [0.15, 0.2) is 121 Å². The maximum atomic E-state index is 14.0. The van der Waals surface area contributed by atoms with Crippen molar-refractivity contribution in [1.82, 2.24) is 0 Å². The predicted molar refractivity (Wildman–Crippen MR) is 281 cm³/mol. The van der Waals surface area contributed by atoms with Crippen molar-refractivity contribution in [2.75, 3.05) is 39.6 Å². The van der Waals surface area contributed by atoms with E-state index in [0.717, 1.165) is 0 Å². The fraction of sp³-hybridized carbons (Fsp3) is 0.316. The molecule has 380 valence electrons. The Kier molecular flexibility index (Phi) is 19.8. The number of carbonyl (C=O) groups excluding carboxylic acids is 3. The maximum absolute atomic E-state index is 14.0. The van der Waals surface area contributed by atoms with Crippen LogP contribution in [-0.4, -0.2) is 95.0 Å². The smallest absolute Gasteiger partial charge is 0.500 e. The molecule has 15 heteroatoms. The van der Waals surface area contributed by atoms with E-state index in [2.05, 4.69) is 0 Å². The Morgan fingerprint density at radius 2 is 0.681 bits per heavy atom. The van der Waals surface area contributed by atoms with E-state index >= 15 is 0 Å². The molecule has 0 amide bonds. The van der Waals surface area contributed by atoms with Crippen LogP contribution in [0.5, 0.6) is 23.0 Å². The summed E-state index contributed by atoms with van der Waals surface area (Å²) in [6.07, 6.45) is 1.21. The van der Waals surface area contributed by atoms with Gasteiger partial charge in [0.2, 0.25) is 0 Å². The van der Waals surface area contributed by atoms with Gasteiger partial charge >= 0.3 is 17.6 Å². The van der Waals surface area contributed by atoms with Gasteiger partial charge in [0.25, 0.3) is 0 Å². The van der Waals surface area contributed by atoms with Crippen molar-refractivity contribution < 1.29 is 61.4 Å². The molecule has 0 heterocycles. The van der Waals surface area contributed by atoms with E-state index in [0.29, 0.717) is 109 Å². The van der Waals surface area contributed by atoms with Crippen LogP contribution in [0.3, 0.4) is 0 Å². The number of benzene rings is 6. The molecule has 0 atom stereocenters. The largest absolute Gasteiger partial charge is 0.507 e. The zero-order valence-corrected chi connectivity index (χ0v) is 44.0. The molecule has 0 aliphatic carbocycles. The van der Waals surface area contributed by atoms with Gasteiger partial charge in [-0.15, -0.1) is 0 Å². The highest BCUT2D eigenvalue weighted by atomic mass is 28.4. The molecule has 6 aromatic carbocycles. The molecular weight excluding hydrogens is 949 g/mol. The summed E-state index contributed by atoms with van der Waals surface area (Å²) in [5.74, 6) is -2.20. The fourth-order valence-electron chi connectivity index (χ4n) is 8.92. The molecule has 0 radical (unpaired) electrons. The van der Waals surface area contributed by atoms with E-state index in [1.165, 1.54) is 12.1 Å². The Balaban J connectivity index is 1.30. The molecule has 0 aromatic heterocycles. The van der Waals surface area contributed by atoms with Crippen LogP contribution in [0.25, 0.3) is 22.3 Å². The molecule has 13 nitrogen and oxygen atoms in total. The van der Waals surface area contributed by atoms with E-state index in [4.69, 9.17) is 26.6 Å². The third kappa shape index (κ3) is 12.8. The summed E-state index contributed by atoms with van der Waals surface area (Å²) in [6.45, 7) is 13.6. The van der Waals surface area contributed by atoms with E-state index < -0.39 is 29.2 Å². The molecular formula is C57H66O13Si2. The fourth-order valence-corrected chi connectivity index (χ4v) is 14.1. The summed E-state index contributed by atoms with van der Waals surface area (Å²) in [5, 5.41) is 46.9. The second-order valence-electron chi connectivity index (χ2n) is 16.8. The lowest BCUT2D eigenvalue weighted by Gasteiger charge is -2.28. The normalized spacial score (nSPS) is 11.8. The quantitative estimate of drug-likeness (QED) is 0.0269. The number of phenolic OH excluding ortho intramolecular Hbond substituents is 4. The topological polar surface area (TPSA) is 188 Å². The van der Waals surface area contributed by atoms with Gasteiger partial charge in [-0.3, -0.25) is 14.4 Å². The van der Waals surface area contributed by atoms with E-state index in [1.54, 1.807) is 109 Å². The summed E-state index contributed by atoms with van der Waals surface area (Å²) in [6, 6.07) is 34.2. The van der Waals surface area contributed by atoms with Gasteiger partial charge in [0, 0.05) is 96.2 Å². The minimum absolute atomic E-state index is 0.0175. The highest BCUT2D eigenvalue weighted by Gasteiger charge is 2.41. The van der Waals surface area contributed by atoms with E-state index in [-0.39, 0.29) is 63.9 Å². The Hall–Kier alpha value is -6.28. The van der Waals surface area contributed by atoms with Crippen molar-refractivity contribution in [2.45, 2.75) is 79.3 Å². The van der Waals surface area contributed by atoms with Crippen molar-refractivity contribution in [3.63, 3.8) is 0 Å². The zero-order chi connectivity index (χ0) is 51.8. The standard InChI is InChI=1S/C57H66O13Si2/c1-7-65-71(66-8-2,67-9-3)35-19-25-45-54(61)47(37-49(56(45)63)52(59)41-21-15-13-16-22-41)39-27-31-43(32-28-39)51(58)44-33-29-40(30-34-44)48-38-50(53(60)42-23-17-14-18-24-42)57(64)46(55(48)62)26-20-36-72(68-10-4,69-11-5)70-12-6/h13-18,21-24,27-34,37-38,61-64H,7-12,19-20,25-26,35-36H2,1-6H3. The first kappa shape index (κ1) is 55.0. The minimum atomic E-state index is -3.06. The first-order valence-electron chi connectivity index (χ1n) is 24.7. The molecule has 0 unspecified atom stereocenters. The van der Waals surface area contributed by atoms with Gasteiger partial charge in [-0.25, -0.2) is 0 Å². The molecule has 0 saturated carbocycles. The molecule has 4 N–H and O–H groups in total. The number of rotatable bonds is 28. The molecule has 0 aliphatic heterocycles. The highest BCUT2D eigenvalue weighted by molar-refractivity contribution is 6.61. The third-order valence-electron chi connectivity index (χ3n) is 12.2. The lowest BCUT2D eigenvalue weighted by molar-refractivity contribution is 0.0700. The van der Waals surface area contributed by atoms with Crippen LogP contribution in [0, 0.1) is 0 Å². The predicted octanol–water partition coefficient (Wildman–Crippen LogP) is 11.5. The third-order valence-corrected chi connectivity index (χ3v) is 18.5. The molecule has 0 aliphatic rings. The first-order chi connectivity index (χ1) is 34.8. The number of ketones is 3. The summed E-state index contributed by atoms with van der Waals surface area (Å²) >= 11 is 0. The molecule has 0 bridgehead atoms. The number of phenols is 4. The van der Waals surface area contributed by atoms with Crippen LogP contribution in [-0.2, 0) is 39.4 Å². The van der Waals surface area contributed by atoms with Crippen LogP contribution in [0.1, 0.15) is 113 Å². The summed E-state index contributed by atoms with van der Waals surface area (Å²) < 4.78 is 36.2. The van der Waals surface area contributed by atoms with Crippen LogP contribution in [0.4, 0.5) is 0 Å². The Morgan fingerprint density at radius 3 is 0.972 bits per heavy atom. The summed E-state index contributed by atoms with van der Waals surface area (Å²) in [5.41, 5.74) is 3.42. The lowest BCUT2D eigenvalue weighted by atomic mass is 9.90. The Bertz CT molecular complexity index is 2540. The van der Waals surface area contributed by atoms with Gasteiger partial charge in [0.1, 0.15) is 23.0 Å². The molecule has 0 fully saturated rings. The van der Waals surface area contributed by atoms with Gasteiger partial charge in [0.15, 0.2) is 17.3 Å². The van der Waals surface area contributed by atoms with Gasteiger partial charge < -0.3 is 47.0 Å². The molecule has 0 spiro atoms. The minimum Gasteiger partial charge on any atom is -0.507 e. The average Bonchev–Trinajstić information content (AvgIpc) is 3.39. The molecule has 0 saturated heterocycles. The van der Waals surface area contributed by atoms with Crippen LogP contribution in [0.2, 0.25) is 12.1 Å². The van der Waals surface area contributed by atoms with Crippen LogP contribution >= 0.6 is 0 Å². The second-order valence-corrected chi connectivity index (χ2v) is 22.3. The van der Waals surface area contributed by atoms with Crippen molar-refractivity contribution in [3.05, 3.63) is 166 Å². The van der Waals surface area contributed by atoms with Gasteiger partial charge in [-0.2, -0.15) is 0 Å². The molecule has 6 aromatic rings. The van der Waals surface area contributed by atoms with Crippen LogP contribution < -0.4 is 0 Å². The Labute approximate surface area is 424 Å². The molecule has 72 heavy (non-hydrogen) atoms. The number of aromatic hydroxyl groups is 4. The summed E-state index contributed by atoms with van der Waals surface area (Å²) in [4.78, 5) is 41.9. The SMILES string of the molecule is CCO[Si](CCCc1c(O)c(C(=O)c2ccccc2)cc(-c2ccc(C(=O)c3ccc(-c4cc(C(=O)c5ccccc5)c(O)c(CCC[Si](OCC)(OCC)OCC)c4O)cc3)cc2)c1O)(OCC)OCC. The second kappa shape index (κ2) is 25.9. The van der Waals surface area contributed by atoms with Crippen molar-refractivity contribution in [3.8, 4) is 45.3 Å². The molecule has 6 rings (SSSR count). The number of carbonyl (C=O) groups is 3. The number of hydrogen-bond donors (Lipinski definition) is 4. The van der Waals surface area contributed by atoms with Gasteiger partial charge in [-0.05, 0) is 90.5 Å². The number of hydrogen-bond acceptors (Lipinski definition) is 13. The van der Waals surface area contributed by atoms with Gasteiger partial charge in [0.05, 0.1) is 11.1 Å². The van der Waals surface area contributed by atoms with E-state index in [1.807, 2.05) is 41.5 Å². The summed E-state index contributed by atoms with van der Waals surface area (Å²) in [7, 11) is -6.12. The lowest BCUT2D eigenvalue weighted by Crippen LogP contribution is -2.46. The Morgan fingerprint density at radius 1 is 0.389 bits per heavy atom. The van der Waals surface area contributed by atoms with Crippen molar-refractivity contribution >= 4 is 35.0 Å². The van der Waals surface area contributed by atoms with Crippen molar-refractivity contribution in [1.29, 1.82) is 0 Å². The first-order valence-corrected chi connectivity index (χ1v) is 28.6. The zero-order valence-electron chi connectivity index (χ0n) is 42.0. The van der Waals surface area contributed by atoms with Gasteiger partial charge in [-0.1, -0.05) is 109 Å². The maximum Gasteiger partial charge on any atom is 0.500 e. The highest BCUT2D eigenvalue weighted by Crippen LogP contribution is 2.44. The average molecular weight is 1020 g/mol. The monoisotopic (exact) mass is 1010 g/mol. The van der Waals surface area contributed by atoms with E-state index in [9.17, 15) is 34.8 Å².